The molecule has 0 saturated carbocycles. The van der Waals surface area contributed by atoms with Crippen LogP contribution >= 0.6 is 11.3 Å². The van der Waals surface area contributed by atoms with Gasteiger partial charge in [-0.15, -0.1) is 11.3 Å². The van der Waals surface area contributed by atoms with Gasteiger partial charge in [-0.25, -0.2) is 0 Å². The molecule has 0 bridgehead atoms. The lowest BCUT2D eigenvalue weighted by Gasteiger charge is -2.06. The minimum atomic E-state index is -3.61. The molecule has 0 N–H and O–H groups in total. The van der Waals surface area contributed by atoms with E-state index in [4.69, 9.17) is 4.74 Å². The maximum Gasteiger partial charge on any atom is 0.291 e. The fourth-order valence-corrected chi connectivity index (χ4v) is 4.20. The highest BCUT2D eigenvalue weighted by atomic mass is 32.2. The monoisotopic (exact) mass is 385 g/mol. The number of aryl methyl sites for hydroxylation is 1. The van der Waals surface area contributed by atoms with Gasteiger partial charge in [-0.3, -0.25) is 0 Å². The molecular weight excluding hydrogens is 366 g/mol. The molecule has 0 unspecified atom stereocenters. The van der Waals surface area contributed by atoms with E-state index in [1.807, 2.05) is 30.3 Å². The molecule has 0 aliphatic heterocycles. The number of hydrogen-bond acceptors (Lipinski definition) is 4. The highest BCUT2D eigenvalue weighted by Gasteiger charge is 2.12. The molecular formula is C20H19NO3S2. The van der Waals surface area contributed by atoms with Crippen molar-refractivity contribution in [3.63, 3.8) is 0 Å². The predicted molar refractivity (Wildman–Crippen MR) is 106 cm³/mol. The molecule has 0 aliphatic carbocycles. The molecule has 0 amide bonds. The number of sulfonamides is 1. The van der Waals surface area contributed by atoms with Crippen LogP contribution in [0, 0.1) is 0 Å². The van der Waals surface area contributed by atoms with Crippen molar-refractivity contribution in [1.82, 2.24) is 0 Å². The van der Waals surface area contributed by atoms with E-state index in [1.54, 1.807) is 29.6 Å². The van der Waals surface area contributed by atoms with E-state index >= 15 is 0 Å². The first-order chi connectivity index (χ1) is 12.6. The Morgan fingerprint density at radius 1 is 0.962 bits per heavy atom. The topological polar surface area (TPSA) is 55.7 Å². The van der Waals surface area contributed by atoms with Crippen LogP contribution in [0.4, 0.5) is 0 Å². The zero-order valence-corrected chi connectivity index (χ0v) is 15.7. The highest BCUT2D eigenvalue weighted by Crippen LogP contribution is 2.18. The van der Waals surface area contributed by atoms with Crippen molar-refractivity contribution in [3.05, 3.63) is 83.2 Å². The van der Waals surface area contributed by atoms with Gasteiger partial charge in [-0.05, 0) is 59.7 Å². The van der Waals surface area contributed by atoms with Gasteiger partial charge in [0.1, 0.15) is 9.96 Å². The zero-order chi connectivity index (χ0) is 18.2. The minimum absolute atomic E-state index is 0.243. The summed E-state index contributed by atoms with van der Waals surface area (Å²) in [5, 5.41) is 1.71. The standard InChI is InChI=1S/C20H19NO3S2/c22-26(23,20-9-5-15-25-20)21-16-18-10-12-19(13-11-18)24-14-4-8-17-6-2-1-3-7-17/h1-3,5-7,9-13,15-16H,4,8,14H2/b21-16-. The first kappa shape index (κ1) is 18.4. The number of rotatable bonds is 8. The van der Waals surface area contributed by atoms with Crippen LogP contribution in [-0.2, 0) is 16.4 Å². The molecule has 0 fully saturated rings. The number of hydrogen-bond donors (Lipinski definition) is 0. The normalized spacial score (nSPS) is 11.7. The molecule has 134 valence electrons. The summed E-state index contributed by atoms with van der Waals surface area (Å²) in [5.41, 5.74) is 2.01. The fraction of sp³-hybridized carbons (Fsp3) is 0.150. The van der Waals surface area contributed by atoms with Crippen LogP contribution in [-0.4, -0.2) is 21.2 Å². The van der Waals surface area contributed by atoms with Gasteiger partial charge in [-0.2, -0.15) is 12.8 Å². The largest absolute Gasteiger partial charge is 0.494 e. The minimum Gasteiger partial charge on any atom is -0.494 e. The van der Waals surface area contributed by atoms with Crippen molar-refractivity contribution in [2.45, 2.75) is 17.1 Å². The summed E-state index contributed by atoms with van der Waals surface area (Å²) in [6.07, 6.45) is 3.27. The van der Waals surface area contributed by atoms with Crippen molar-refractivity contribution in [2.75, 3.05) is 6.61 Å². The Bertz CT molecular complexity index is 932. The second-order valence-electron chi connectivity index (χ2n) is 5.65. The average molecular weight is 386 g/mol. The van der Waals surface area contributed by atoms with E-state index in [0.29, 0.717) is 12.2 Å². The maximum absolute atomic E-state index is 12.0. The third-order valence-corrected chi connectivity index (χ3v) is 6.30. The molecule has 1 heterocycles. The van der Waals surface area contributed by atoms with Crippen LogP contribution in [0.1, 0.15) is 17.5 Å². The molecule has 3 rings (SSSR count). The van der Waals surface area contributed by atoms with Gasteiger partial charge in [0.2, 0.25) is 0 Å². The molecule has 1 aromatic heterocycles. The van der Waals surface area contributed by atoms with Crippen molar-refractivity contribution < 1.29 is 13.2 Å². The Morgan fingerprint density at radius 2 is 1.73 bits per heavy atom. The fourth-order valence-electron chi connectivity index (χ4n) is 2.35. The SMILES string of the molecule is O=S(=O)(/N=C\c1ccc(OCCCc2ccccc2)cc1)c1cccs1. The second-order valence-corrected chi connectivity index (χ2v) is 8.46. The molecule has 0 aliphatic rings. The van der Waals surface area contributed by atoms with Crippen LogP contribution in [0.5, 0.6) is 5.75 Å². The summed E-state index contributed by atoms with van der Waals surface area (Å²) >= 11 is 1.16. The van der Waals surface area contributed by atoms with Crippen LogP contribution in [0.15, 0.2) is 80.7 Å². The van der Waals surface area contributed by atoms with Crippen LogP contribution < -0.4 is 4.74 Å². The average Bonchev–Trinajstić information content (AvgIpc) is 3.21. The summed E-state index contributed by atoms with van der Waals surface area (Å²) in [7, 11) is -3.61. The molecule has 6 heteroatoms. The Kier molecular flexibility index (Phi) is 6.20. The first-order valence-electron chi connectivity index (χ1n) is 8.24. The van der Waals surface area contributed by atoms with Gasteiger partial charge in [-0.1, -0.05) is 36.4 Å². The summed E-state index contributed by atoms with van der Waals surface area (Å²) in [5.74, 6) is 0.760. The highest BCUT2D eigenvalue weighted by molar-refractivity contribution is 7.92. The van der Waals surface area contributed by atoms with Crippen LogP contribution in [0.3, 0.4) is 0 Å². The van der Waals surface area contributed by atoms with E-state index in [-0.39, 0.29) is 4.21 Å². The Balaban J connectivity index is 1.50. The van der Waals surface area contributed by atoms with Gasteiger partial charge in [0.15, 0.2) is 0 Å². The number of ether oxygens (including phenoxy) is 1. The van der Waals surface area contributed by atoms with Gasteiger partial charge in [0, 0.05) is 6.21 Å². The smallest absolute Gasteiger partial charge is 0.291 e. The van der Waals surface area contributed by atoms with Crippen LogP contribution in [0.25, 0.3) is 0 Å². The van der Waals surface area contributed by atoms with E-state index in [1.165, 1.54) is 11.8 Å². The van der Waals surface area contributed by atoms with Crippen molar-refractivity contribution in [1.29, 1.82) is 0 Å². The van der Waals surface area contributed by atoms with E-state index in [0.717, 1.165) is 29.9 Å². The molecule has 0 atom stereocenters. The van der Waals surface area contributed by atoms with Crippen molar-refractivity contribution in [2.24, 2.45) is 4.40 Å². The molecule has 0 radical (unpaired) electrons. The van der Waals surface area contributed by atoms with Gasteiger partial charge >= 0.3 is 0 Å². The van der Waals surface area contributed by atoms with E-state index < -0.39 is 10.0 Å². The predicted octanol–water partition coefficient (Wildman–Crippen LogP) is 4.57. The third kappa shape index (κ3) is 5.28. The summed E-state index contributed by atoms with van der Waals surface area (Å²) in [4.78, 5) is 0. The quantitative estimate of drug-likeness (QED) is 0.422. The molecule has 2 aromatic carbocycles. The van der Waals surface area contributed by atoms with Crippen molar-refractivity contribution in [3.8, 4) is 5.75 Å². The van der Waals surface area contributed by atoms with Crippen molar-refractivity contribution >= 4 is 27.6 Å². The summed E-state index contributed by atoms with van der Waals surface area (Å²) in [6.45, 7) is 0.634. The van der Waals surface area contributed by atoms with Crippen LogP contribution in [0.2, 0.25) is 0 Å². The number of benzene rings is 2. The summed E-state index contributed by atoms with van der Waals surface area (Å²) < 4.78 is 33.7. The lowest BCUT2D eigenvalue weighted by molar-refractivity contribution is 0.311. The van der Waals surface area contributed by atoms with E-state index in [2.05, 4.69) is 16.5 Å². The third-order valence-electron chi connectivity index (χ3n) is 3.69. The van der Waals surface area contributed by atoms with Gasteiger partial charge < -0.3 is 4.74 Å². The molecule has 3 aromatic rings. The Labute approximate surface area is 157 Å². The Morgan fingerprint density at radius 3 is 2.42 bits per heavy atom. The molecule has 26 heavy (non-hydrogen) atoms. The first-order valence-corrected chi connectivity index (χ1v) is 10.6. The number of nitrogens with zero attached hydrogens (tertiary/aromatic N) is 1. The molecule has 0 spiro atoms. The lowest BCUT2D eigenvalue weighted by Crippen LogP contribution is -1.99. The van der Waals surface area contributed by atoms with Gasteiger partial charge in [0.25, 0.3) is 10.0 Å². The lowest BCUT2D eigenvalue weighted by atomic mass is 10.1. The molecule has 0 saturated heterocycles. The van der Waals surface area contributed by atoms with Gasteiger partial charge in [0.05, 0.1) is 6.61 Å². The second kappa shape index (κ2) is 8.78. The number of thiophene rings is 1. The summed E-state index contributed by atoms with van der Waals surface area (Å²) in [6, 6.07) is 20.8. The Hall–Kier alpha value is -2.44. The van der Waals surface area contributed by atoms with E-state index in [9.17, 15) is 8.42 Å². The maximum atomic E-state index is 12.0. The zero-order valence-electron chi connectivity index (χ0n) is 14.1. The molecule has 4 nitrogen and oxygen atoms in total.